The molecule has 120 valence electrons. The van der Waals surface area contributed by atoms with Crippen molar-refractivity contribution in [1.29, 1.82) is 0 Å². The Morgan fingerprint density at radius 1 is 1.13 bits per heavy atom. The van der Waals surface area contributed by atoms with Crippen LogP contribution < -0.4 is 4.74 Å². The fraction of sp³-hybridized carbons (Fsp3) is 0.263. The molecule has 4 nitrogen and oxygen atoms in total. The molecule has 0 radical (unpaired) electrons. The van der Waals surface area contributed by atoms with Gasteiger partial charge in [0.25, 0.3) is 0 Å². The zero-order chi connectivity index (χ0) is 16.9. The van der Waals surface area contributed by atoms with Crippen molar-refractivity contribution in [3.8, 4) is 5.75 Å². The molecular weight excluding hydrogens is 292 g/mol. The standard InChI is InChI=1S/C19H20O4/c1-19(2,13-20)16-10-9-15(11-17(16)22-3)18(21)23-12-14-7-5-4-6-8-14/h4-11,13H,12H2,1-3H3. The Labute approximate surface area is 136 Å². The third-order valence-electron chi connectivity index (χ3n) is 3.64. The lowest BCUT2D eigenvalue weighted by atomic mass is 9.85. The molecule has 0 spiro atoms. The molecule has 4 heteroatoms. The summed E-state index contributed by atoms with van der Waals surface area (Å²) in [5.74, 6) is 0.0684. The van der Waals surface area contributed by atoms with Gasteiger partial charge in [0.15, 0.2) is 0 Å². The maximum atomic E-state index is 12.2. The number of carbonyl (C=O) groups is 2. The van der Waals surface area contributed by atoms with E-state index < -0.39 is 11.4 Å². The largest absolute Gasteiger partial charge is 0.496 e. The molecule has 2 rings (SSSR count). The number of esters is 1. The van der Waals surface area contributed by atoms with Crippen molar-refractivity contribution in [2.75, 3.05) is 7.11 Å². The second-order valence-corrected chi connectivity index (χ2v) is 5.82. The van der Waals surface area contributed by atoms with Crippen LogP contribution in [0.15, 0.2) is 48.5 Å². The minimum Gasteiger partial charge on any atom is -0.496 e. The van der Waals surface area contributed by atoms with Crippen molar-refractivity contribution in [2.24, 2.45) is 0 Å². The molecule has 0 bridgehead atoms. The summed E-state index contributed by atoms with van der Waals surface area (Å²) in [6.45, 7) is 3.81. The van der Waals surface area contributed by atoms with Gasteiger partial charge in [-0.05, 0) is 31.5 Å². The van der Waals surface area contributed by atoms with Crippen LogP contribution in [0.4, 0.5) is 0 Å². The number of aldehydes is 1. The minimum absolute atomic E-state index is 0.212. The molecule has 2 aromatic carbocycles. The van der Waals surface area contributed by atoms with E-state index >= 15 is 0 Å². The van der Waals surface area contributed by atoms with Crippen LogP contribution >= 0.6 is 0 Å². The first-order valence-electron chi connectivity index (χ1n) is 7.34. The third kappa shape index (κ3) is 3.97. The van der Waals surface area contributed by atoms with Crippen molar-refractivity contribution >= 4 is 12.3 Å². The number of hydrogen-bond donors (Lipinski definition) is 0. The van der Waals surface area contributed by atoms with Gasteiger partial charge in [-0.1, -0.05) is 36.4 Å². The monoisotopic (exact) mass is 312 g/mol. The molecule has 0 saturated heterocycles. The number of rotatable bonds is 6. The molecule has 0 fully saturated rings. The van der Waals surface area contributed by atoms with E-state index in [4.69, 9.17) is 9.47 Å². The summed E-state index contributed by atoms with van der Waals surface area (Å²) in [6, 6.07) is 14.5. The summed E-state index contributed by atoms with van der Waals surface area (Å²) in [7, 11) is 1.51. The Morgan fingerprint density at radius 2 is 1.83 bits per heavy atom. The zero-order valence-corrected chi connectivity index (χ0v) is 13.5. The maximum absolute atomic E-state index is 12.2. The van der Waals surface area contributed by atoms with Crippen LogP contribution in [0.1, 0.15) is 35.3 Å². The molecule has 0 aliphatic heterocycles. The number of benzene rings is 2. The topological polar surface area (TPSA) is 52.6 Å². The highest BCUT2D eigenvalue weighted by Gasteiger charge is 2.24. The highest BCUT2D eigenvalue weighted by atomic mass is 16.5. The lowest BCUT2D eigenvalue weighted by molar-refractivity contribution is -0.111. The van der Waals surface area contributed by atoms with Gasteiger partial charge in [-0.2, -0.15) is 0 Å². The molecule has 0 unspecified atom stereocenters. The van der Waals surface area contributed by atoms with Gasteiger partial charge < -0.3 is 14.3 Å². The zero-order valence-electron chi connectivity index (χ0n) is 13.5. The van der Waals surface area contributed by atoms with E-state index in [-0.39, 0.29) is 6.61 Å². The van der Waals surface area contributed by atoms with Crippen LogP contribution in [-0.2, 0) is 21.6 Å². The van der Waals surface area contributed by atoms with Crippen molar-refractivity contribution < 1.29 is 19.1 Å². The Morgan fingerprint density at radius 3 is 2.43 bits per heavy atom. The smallest absolute Gasteiger partial charge is 0.338 e. The van der Waals surface area contributed by atoms with Crippen molar-refractivity contribution in [2.45, 2.75) is 25.9 Å². The fourth-order valence-electron chi connectivity index (χ4n) is 2.22. The van der Waals surface area contributed by atoms with Gasteiger partial charge in [-0.25, -0.2) is 4.79 Å². The minimum atomic E-state index is -0.683. The number of ether oxygens (including phenoxy) is 2. The second kappa shape index (κ2) is 7.09. The maximum Gasteiger partial charge on any atom is 0.338 e. The molecule has 0 saturated carbocycles. The lowest BCUT2D eigenvalue weighted by Gasteiger charge is -2.21. The fourth-order valence-corrected chi connectivity index (χ4v) is 2.22. The Bertz CT molecular complexity index is 690. The number of hydrogen-bond acceptors (Lipinski definition) is 4. The average Bonchev–Trinajstić information content (AvgIpc) is 2.59. The first-order chi connectivity index (χ1) is 11.0. The number of methoxy groups -OCH3 is 1. The van der Waals surface area contributed by atoms with Gasteiger partial charge >= 0.3 is 5.97 Å². The quantitative estimate of drug-likeness (QED) is 0.605. The molecule has 0 atom stereocenters. The first kappa shape index (κ1) is 16.7. The molecule has 0 aliphatic carbocycles. The Hall–Kier alpha value is -2.62. The predicted octanol–water partition coefficient (Wildman–Crippen LogP) is 3.53. The first-order valence-corrected chi connectivity index (χ1v) is 7.34. The van der Waals surface area contributed by atoms with Gasteiger partial charge in [-0.15, -0.1) is 0 Å². The van der Waals surface area contributed by atoms with E-state index in [1.165, 1.54) is 7.11 Å². The van der Waals surface area contributed by atoms with Crippen LogP contribution in [0.25, 0.3) is 0 Å². The summed E-state index contributed by atoms with van der Waals surface area (Å²) in [5.41, 5.74) is 1.36. The molecule has 2 aromatic rings. The summed E-state index contributed by atoms with van der Waals surface area (Å²) in [5, 5.41) is 0. The SMILES string of the molecule is COc1cc(C(=O)OCc2ccccc2)ccc1C(C)(C)C=O. The van der Waals surface area contributed by atoms with Crippen molar-refractivity contribution in [3.63, 3.8) is 0 Å². The Kier molecular flexibility index (Phi) is 5.16. The van der Waals surface area contributed by atoms with Crippen LogP contribution in [0.3, 0.4) is 0 Å². The highest BCUT2D eigenvalue weighted by molar-refractivity contribution is 5.90. The lowest BCUT2D eigenvalue weighted by Crippen LogP contribution is -2.20. The normalized spacial score (nSPS) is 10.9. The van der Waals surface area contributed by atoms with E-state index in [9.17, 15) is 9.59 Å². The summed E-state index contributed by atoms with van der Waals surface area (Å²) in [4.78, 5) is 23.4. The highest BCUT2D eigenvalue weighted by Crippen LogP contribution is 2.31. The summed E-state index contributed by atoms with van der Waals surface area (Å²) >= 11 is 0. The van der Waals surface area contributed by atoms with Crippen LogP contribution in [0, 0.1) is 0 Å². The summed E-state index contributed by atoms with van der Waals surface area (Å²) < 4.78 is 10.6. The van der Waals surface area contributed by atoms with E-state index in [1.807, 2.05) is 30.3 Å². The molecular formula is C19H20O4. The van der Waals surface area contributed by atoms with Crippen molar-refractivity contribution in [3.05, 3.63) is 65.2 Å². The third-order valence-corrected chi connectivity index (χ3v) is 3.64. The number of carbonyl (C=O) groups excluding carboxylic acids is 2. The van der Waals surface area contributed by atoms with Crippen LogP contribution in [-0.4, -0.2) is 19.4 Å². The predicted molar refractivity (Wildman–Crippen MR) is 87.6 cm³/mol. The molecule has 23 heavy (non-hydrogen) atoms. The molecule has 0 heterocycles. The second-order valence-electron chi connectivity index (χ2n) is 5.82. The molecule has 0 aromatic heterocycles. The van der Waals surface area contributed by atoms with Gasteiger partial charge in [0.1, 0.15) is 18.6 Å². The van der Waals surface area contributed by atoms with Crippen molar-refractivity contribution in [1.82, 2.24) is 0 Å². The van der Waals surface area contributed by atoms with Gasteiger partial charge in [0, 0.05) is 11.0 Å². The van der Waals surface area contributed by atoms with Crippen LogP contribution in [0.2, 0.25) is 0 Å². The van der Waals surface area contributed by atoms with Gasteiger partial charge in [0.05, 0.1) is 12.7 Å². The average molecular weight is 312 g/mol. The molecule has 0 aliphatic rings. The van der Waals surface area contributed by atoms with Gasteiger partial charge in [0.2, 0.25) is 0 Å². The van der Waals surface area contributed by atoms with E-state index in [2.05, 4.69) is 0 Å². The van der Waals surface area contributed by atoms with Gasteiger partial charge in [-0.3, -0.25) is 0 Å². The van der Waals surface area contributed by atoms with Crippen LogP contribution in [0.5, 0.6) is 5.75 Å². The summed E-state index contributed by atoms with van der Waals surface area (Å²) in [6.07, 6.45) is 0.859. The molecule has 0 N–H and O–H groups in total. The van der Waals surface area contributed by atoms with E-state index in [0.29, 0.717) is 11.3 Å². The van der Waals surface area contributed by atoms with E-state index in [0.717, 1.165) is 17.4 Å². The molecule has 0 amide bonds. The Balaban J connectivity index is 2.17. The van der Waals surface area contributed by atoms with E-state index in [1.54, 1.807) is 32.0 Å².